The number of hydrogen-bond donors (Lipinski definition) is 1. The number of carbonyl (C=O) groups is 1. The fourth-order valence-corrected chi connectivity index (χ4v) is 3.62. The average molecular weight is 371 g/mol. The lowest BCUT2D eigenvalue weighted by molar-refractivity contribution is -0.122. The Morgan fingerprint density at radius 3 is 2.80 bits per heavy atom. The summed E-state index contributed by atoms with van der Waals surface area (Å²) in [6, 6.07) is 13.1. The van der Waals surface area contributed by atoms with Crippen LogP contribution in [0.25, 0.3) is 11.3 Å². The first kappa shape index (κ1) is 16.1. The molecule has 4 rings (SSSR count). The van der Waals surface area contributed by atoms with E-state index in [0.717, 1.165) is 33.3 Å². The van der Waals surface area contributed by atoms with Crippen LogP contribution in [0.3, 0.4) is 0 Å². The van der Waals surface area contributed by atoms with Crippen molar-refractivity contribution in [1.29, 1.82) is 0 Å². The largest absolute Gasteiger partial charge is 0.480 e. The van der Waals surface area contributed by atoms with Crippen molar-refractivity contribution in [2.45, 2.75) is 19.4 Å². The third-order valence-electron chi connectivity index (χ3n) is 4.06. The molecule has 1 aromatic heterocycles. The molecule has 0 spiro atoms. The van der Waals surface area contributed by atoms with E-state index in [1.54, 1.807) is 23.5 Å². The quantitative estimate of drug-likeness (QED) is 0.726. The number of aryl methyl sites for hydroxylation is 1. The van der Waals surface area contributed by atoms with E-state index in [9.17, 15) is 4.79 Å². The minimum atomic E-state index is -0.533. The van der Waals surface area contributed by atoms with Crippen molar-refractivity contribution in [3.05, 3.63) is 63.4 Å². The summed E-state index contributed by atoms with van der Waals surface area (Å²) in [6.45, 7) is 1.98. The van der Waals surface area contributed by atoms with Crippen molar-refractivity contribution in [3.8, 4) is 17.0 Å². The highest BCUT2D eigenvalue weighted by Crippen LogP contribution is 2.31. The van der Waals surface area contributed by atoms with Gasteiger partial charge in [-0.15, -0.1) is 11.3 Å². The highest BCUT2D eigenvalue weighted by Gasteiger charge is 2.29. The number of fused-ring (bicyclic) bond motifs is 1. The number of nitrogens with zero attached hydrogens (tertiary/aromatic N) is 1. The molecule has 0 radical (unpaired) electrons. The number of anilines is 1. The molecule has 1 aliphatic rings. The molecule has 126 valence electrons. The van der Waals surface area contributed by atoms with Crippen molar-refractivity contribution in [3.63, 3.8) is 0 Å². The summed E-state index contributed by atoms with van der Waals surface area (Å²) in [5.74, 6) is 0.559. The summed E-state index contributed by atoms with van der Waals surface area (Å²) >= 11 is 7.61. The van der Waals surface area contributed by atoms with Crippen molar-refractivity contribution in [2.24, 2.45) is 0 Å². The molecule has 25 heavy (non-hydrogen) atoms. The number of ether oxygens (including phenoxy) is 1. The molecule has 1 atom stereocenters. The van der Waals surface area contributed by atoms with Crippen LogP contribution in [0, 0.1) is 6.92 Å². The molecule has 4 nitrogen and oxygen atoms in total. The molecule has 0 fully saturated rings. The van der Waals surface area contributed by atoms with E-state index in [1.165, 1.54) is 0 Å². The van der Waals surface area contributed by atoms with Crippen molar-refractivity contribution < 1.29 is 9.53 Å². The highest BCUT2D eigenvalue weighted by atomic mass is 35.5. The zero-order chi connectivity index (χ0) is 17.4. The first-order valence-corrected chi connectivity index (χ1v) is 9.13. The average Bonchev–Trinajstić information content (AvgIpc) is 3.21. The number of nitrogens with one attached hydrogen (secondary N) is 1. The van der Waals surface area contributed by atoms with Gasteiger partial charge in [-0.25, -0.2) is 4.98 Å². The second-order valence-electron chi connectivity index (χ2n) is 5.88. The third-order valence-corrected chi connectivity index (χ3v) is 5.07. The fraction of sp³-hybridized carbons (Fsp3) is 0.158. The standard InChI is InChI=1S/C19H15ClN2O2S/c1-11-21-16(10-25-11)12-2-5-15(6-3-12)22-19(23)18-9-13-8-14(20)4-7-17(13)24-18/h2-8,10,18H,9H2,1H3,(H,22,23). The maximum atomic E-state index is 12.4. The van der Waals surface area contributed by atoms with Crippen molar-refractivity contribution >= 4 is 34.5 Å². The Bertz CT molecular complexity index is 937. The Hall–Kier alpha value is -2.37. The molecule has 1 N–H and O–H groups in total. The predicted octanol–water partition coefficient (Wildman–Crippen LogP) is 4.71. The second kappa shape index (κ2) is 6.50. The smallest absolute Gasteiger partial charge is 0.265 e. The van der Waals surface area contributed by atoms with E-state index < -0.39 is 6.10 Å². The number of benzene rings is 2. The van der Waals surface area contributed by atoms with Gasteiger partial charge in [0.1, 0.15) is 5.75 Å². The van der Waals surface area contributed by atoms with E-state index >= 15 is 0 Å². The van der Waals surface area contributed by atoms with E-state index in [0.29, 0.717) is 11.4 Å². The Morgan fingerprint density at radius 2 is 2.08 bits per heavy atom. The zero-order valence-electron chi connectivity index (χ0n) is 13.5. The molecule has 6 heteroatoms. The third kappa shape index (κ3) is 3.38. The van der Waals surface area contributed by atoms with Gasteiger partial charge in [0, 0.05) is 28.1 Å². The Kier molecular flexibility index (Phi) is 4.19. The van der Waals surface area contributed by atoms with E-state index in [1.807, 2.05) is 42.6 Å². The molecule has 2 aromatic carbocycles. The maximum absolute atomic E-state index is 12.4. The van der Waals surface area contributed by atoms with Crippen LogP contribution in [0.15, 0.2) is 47.8 Å². The topological polar surface area (TPSA) is 51.2 Å². The molecule has 0 saturated heterocycles. The molecule has 2 heterocycles. The lowest BCUT2D eigenvalue weighted by atomic mass is 10.1. The molecule has 3 aromatic rings. The van der Waals surface area contributed by atoms with Gasteiger partial charge in [-0.1, -0.05) is 23.7 Å². The molecular weight excluding hydrogens is 356 g/mol. The van der Waals surface area contributed by atoms with Crippen LogP contribution in [0.1, 0.15) is 10.6 Å². The second-order valence-corrected chi connectivity index (χ2v) is 7.38. The van der Waals surface area contributed by atoms with Gasteiger partial charge < -0.3 is 10.1 Å². The van der Waals surface area contributed by atoms with Gasteiger partial charge in [0.2, 0.25) is 0 Å². The number of rotatable bonds is 3. The molecule has 1 aliphatic heterocycles. The lowest BCUT2D eigenvalue weighted by Crippen LogP contribution is -2.31. The molecule has 0 saturated carbocycles. The number of hydrogen-bond acceptors (Lipinski definition) is 4. The van der Waals surface area contributed by atoms with Crippen LogP contribution < -0.4 is 10.1 Å². The van der Waals surface area contributed by atoms with E-state index in [-0.39, 0.29) is 5.91 Å². The van der Waals surface area contributed by atoms with Gasteiger partial charge >= 0.3 is 0 Å². The maximum Gasteiger partial charge on any atom is 0.265 e. The highest BCUT2D eigenvalue weighted by molar-refractivity contribution is 7.09. The number of amides is 1. The summed E-state index contributed by atoms with van der Waals surface area (Å²) in [6.07, 6.45) is -0.00732. The normalized spacial score (nSPS) is 15.5. The zero-order valence-corrected chi connectivity index (χ0v) is 15.0. The minimum Gasteiger partial charge on any atom is -0.480 e. The fourth-order valence-electron chi connectivity index (χ4n) is 2.81. The predicted molar refractivity (Wildman–Crippen MR) is 100 cm³/mol. The Labute approximate surface area is 154 Å². The first-order chi connectivity index (χ1) is 12.1. The number of carbonyl (C=O) groups excluding carboxylic acids is 1. The number of thiazole rings is 1. The summed E-state index contributed by atoms with van der Waals surface area (Å²) in [4.78, 5) is 16.9. The van der Waals surface area contributed by atoms with Crippen LogP contribution in [0.4, 0.5) is 5.69 Å². The number of aromatic nitrogens is 1. The summed E-state index contributed by atoms with van der Waals surface area (Å²) in [5.41, 5.74) is 3.67. The van der Waals surface area contributed by atoms with Crippen LogP contribution in [-0.2, 0) is 11.2 Å². The Morgan fingerprint density at radius 1 is 1.28 bits per heavy atom. The van der Waals surface area contributed by atoms with Gasteiger partial charge in [-0.05, 0) is 42.8 Å². The monoisotopic (exact) mass is 370 g/mol. The first-order valence-electron chi connectivity index (χ1n) is 7.87. The molecule has 1 unspecified atom stereocenters. The van der Waals surface area contributed by atoms with Crippen LogP contribution >= 0.6 is 22.9 Å². The summed E-state index contributed by atoms with van der Waals surface area (Å²) in [7, 11) is 0. The van der Waals surface area contributed by atoms with Gasteiger partial charge in [0.25, 0.3) is 5.91 Å². The van der Waals surface area contributed by atoms with E-state index in [2.05, 4.69) is 10.3 Å². The van der Waals surface area contributed by atoms with E-state index in [4.69, 9.17) is 16.3 Å². The van der Waals surface area contributed by atoms with Gasteiger partial charge in [0.05, 0.1) is 10.7 Å². The lowest BCUT2D eigenvalue weighted by Gasteiger charge is -2.11. The molecule has 0 aliphatic carbocycles. The van der Waals surface area contributed by atoms with Crippen LogP contribution in [-0.4, -0.2) is 17.0 Å². The van der Waals surface area contributed by atoms with Crippen molar-refractivity contribution in [1.82, 2.24) is 4.98 Å². The minimum absolute atomic E-state index is 0.162. The van der Waals surface area contributed by atoms with Crippen LogP contribution in [0.5, 0.6) is 5.75 Å². The van der Waals surface area contributed by atoms with Gasteiger partial charge in [0.15, 0.2) is 6.10 Å². The summed E-state index contributed by atoms with van der Waals surface area (Å²) in [5, 5.41) is 6.61. The SMILES string of the molecule is Cc1nc(-c2ccc(NC(=O)C3Cc4cc(Cl)ccc4O3)cc2)cs1. The van der Waals surface area contributed by atoms with Gasteiger partial charge in [-0.2, -0.15) is 0 Å². The molecular formula is C19H15ClN2O2S. The Balaban J connectivity index is 1.43. The molecule has 0 bridgehead atoms. The summed E-state index contributed by atoms with van der Waals surface area (Å²) < 4.78 is 5.71. The molecule has 1 amide bonds. The van der Waals surface area contributed by atoms with Gasteiger partial charge in [-0.3, -0.25) is 4.79 Å². The number of halogens is 1. The van der Waals surface area contributed by atoms with Crippen molar-refractivity contribution in [2.75, 3.05) is 5.32 Å². The van der Waals surface area contributed by atoms with Crippen LogP contribution in [0.2, 0.25) is 5.02 Å².